The highest BCUT2D eigenvalue weighted by atomic mass is 32.1. The smallest absolute Gasteiger partial charge is 0.274 e. The number of hydrogen-bond acceptors (Lipinski definition) is 3. The van der Waals surface area contributed by atoms with Crippen LogP contribution in [-0.2, 0) is 0 Å². The molecule has 0 aliphatic carbocycles. The summed E-state index contributed by atoms with van der Waals surface area (Å²) < 4.78 is 2.39. The third-order valence-corrected chi connectivity index (χ3v) is 3.93. The highest BCUT2D eigenvalue weighted by Gasteiger charge is 2.03. The molecule has 112 valence electrons. The Morgan fingerprint density at radius 1 is 1.00 bits per heavy atom. The van der Waals surface area contributed by atoms with Crippen molar-refractivity contribution in [2.45, 2.75) is 0 Å². The standard InChI is InChI=1S/C17H12N4OS/c22-16-14(18-11-5-1-2-6-12(11)19-16)9-10-21-15-8-4-3-7-13(15)20-17(21)23/h1-10H,(H,19,22)(H,20,23)/b10-9-. The maximum atomic E-state index is 12.1. The Kier molecular flexibility index (Phi) is 3.17. The number of rotatable bonds is 2. The van der Waals surface area contributed by atoms with Crippen molar-refractivity contribution in [2.24, 2.45) is 0 Å². The van der Waals surface area contributed by atoms with E-state index in [1.165, 1.54) is 0 Å². The van der Waals surface area contributed by atoms with Crippen LogP contribution in [0.15, 0.2) is 53.3 Å². The molecule has 5 nitrogen and oxygen atoms in total. The third kappa shape index (κ3) is 2.39. The number of nitrogens with one attached hydrogen (secondary N) is 2. The maximum absolute atomic E-state index is 12.1. The lowest BCUT2D eigenvalue weighted by molar-refractivity contribution is 1.14. The number of imidazole rings is 1. The molecule has 4 rings (SSSR count). The van der Waals surface area contributed by atoms with Gasteiger partial charge in [0.05, 0.1) is 22.1 Å². The number of hydrogen-bond donors (Lipinski definition) is 2. The summed E-state index contributed by atoms with van der Waals surface area (Å²) in [6.07, 6.45) is 3.43. The molecule has 6 heteroatoms. The lowest BCUT2D eigenvalue weighted by atomic mass is 10.3. The Labute approximate surface area is 135 Å². The van der Waals surface area contributed by atoms with Gasteiger partial charge in [-0.2, -0.15) is 0 Å². The lowest BCUT2D eigenvalue weighted by Gasteiger charge is -1.99. The molecule has 2 N–H and O–H groups in total. The van der Waals surface area contributed by atoms with Crippen molar-refractivity contribution >= 4 is 46.6 Å². The van der Waals surface area contributed by atoms with Crippen LogP contribution >= 0.6 is 12.2 Å². The fraction of sp³-hybridized carbons (Fsp3) is 0. The zero-order valence-electron chi connectivity index (χ0n) is 12.0. The molecular weight excluding hydrogens is 308 g/mol. The highest BCUT2D eigenvalue weighted by Crippen LogP contribution is 2.14. The van der Waals surface area contributed by atoms with Gasteiger partial charge in [0.15, 0.2) is 4.77 Å². The Hall–Kier alpha value is -2.99. The van der Waals surface area contributed by atoms with E-state index in [2.05, 4.69) is 15.0 Å². The molecule has 0 amide bonds. The second-order valence-corrected chi connectivity index (χ2v) is 5.49. The molecule has 23 heavy (non-hydrogen) atoms. The molecule has 2 aromatic heterocycles. The van der Waals surface area contributed by atoms with Gasteiger partial charge < -0.3 is 9.97 Å². The molecule has 4 aromatic rings. The van der Waals surface area contributed by atoms with Crippen molar-refractivity contribution in [1.29, 1.82) is 0 Å². The highest BCUT2D eigenvalue weighted by molar-refractivity contribution is 7.71. The molecule has 0 atom stereocenters. The van der Waals surface area contributed by atoms with Crippen LogP contribution < -0.4 is 5.56 Å². The molecule has 2 heterocycles. The maximum Gasteiger partial charge on any atom is 0.274 e. The molecule has 0 aliphatic rings. The van der Waals surface area contributed by atoms with E-state index < -0.39 is 0 Å². The van der Waals surface area contributed by atoms with Crippen LogP contribution in [0.2, 0.25) is 0 Å². The summed E-state index contributed by atoms with van der Waals surface area (Å²) in [7, 11) is 0. The van der Waals surface area contributed by atoms with Crippen LogP contribution in [0.4, 0.5) is 0 Å². The molecule has 0 unspecified atom stereocenters. The van der Waals surface area contributed by atoms with Crippen molar-refractivity contribution in [3.8, 4) is 0 Å². The van der Waals surface area contributed by atoms with Crippen LogP contribution in [0.3, 0.4) is 0 Å². The van der Waals surface area contributed by atoms with E-state index in [1.807, 2.05) is 53.1 Å². The molecule has 0 fully saturated rings. The minimum Gasteiger partial charge on any atom is -0.330 e. The molecule has 0 aliphatic heterocycles. The van der Waals surface area contributed by atoms with Crippen molar-refractivity contribution in [3.05, 3.63) is 69.3 Å². The van der Waals surface area contributed by atoms with Crippen LogP contribution in [0.25, 0.3) is 34.3 Å². The van der Waals surface area contributed by atoms with E-state index in [9.17, 15) is 4.79 Å². The quantitative estimate of drug-likeness (QED) is 0.555. The fourth-order valence-electron chi connectivity index (χ4n) is 2.52. The molecule has 0 saturated heterocycles. The van der Waals surface area contributed by atoms with Crippen molar-refractivity contribution < 1.29 is 0 Å². The van der Waals surface area contributed by atoms with E-state index in [4.69, 9.17) is 12.2 Å². The first-order chi connectivity index (χ1) is 11.2. The van der Waals surface area contributed by atoms with E-state index >= 15 is 0 Å². The van der Waals surface area contributed by atoms with Gasteiger partial charge in [-0.15, -0.1) is 0 Å². The van der Waals surface area contributed by atoms with Crippen molar-refractivity contribution in [2.75, 3.05) is 0 Å². The predicted octanol–water partition coefficient (Wildman–Crippen LogP) is 3.56. The summed E-state index contributed by atoms with van der Waals surface area (Å²) in [6.45, 7) is 0. The molecule has 0 saturated carbocycles. The topological polar surface area (TPSA) is 66.5 Å². The number of fused-ring (bicyclic) bond motifs is 2. The first kappa shape index (κ1) is 13.7. The minimum atomic E-state index is -0.230. The van der Waals surface area contributed by atoms with Gasteiger partial charge in [0.1, 0.15) is 5.69 Å². The van der Waals surface area contributed by atoms with E-state index in [-0.39, 0.29) is 5.56 Å². The number of nitrogens with zero attached hydrogens (tertiary/aromatic N) is 2. The van der Waals surface area contributed by atoms with Gasteiger partial charge >= 0.3 is 0 Å². The fourth-order valence-corrected chi connectivity index (χ4v) is 2.79. The van der Waals surface area contributed by atoms with E-state index in [0.717, 1.165) is 22.1 Å². The minimum absolute atomic E-state index is 0.230. The number of H-pyrrole nitrogens is 2. The zero-order chi connectivity index (χ0) is 15.8. The first-order valence-electron chi connectivity index (χ1n) is 7.09. The Morgan fingerprint density at radius 3 is 2.61 bits per heavy atom. The molecule has 0 radical (unpaired) electrons. The third-order valence-electron chi connectivity index (χ3n) is 3.63. The van der Waals surface area contributed by atoms with Crippen LogP contribution in [-0.4, -0.2) is 19.5 Å². The van der Waals surface area contributed by atoms with Gasteiger partial charge in [-0.05, 0) is 42.6 Å². The van der Waals surface area contributed by atoms with Crippen molar-refractivity contribution in [1.82, 2.24) is 19.5 Å². The predicted molar refractivity (Wildman–Crippen MR) is 94.7 cm³/mol. The zero-order valence-corrected chi connectivity index (χ0v) is 12.8. The van der Waals surface area contributed by atoms with Gasteiger partial charge in [0.25, 0.3) is 5.56 Å². The van der Waals surface area contributed by atoms with Gasteiger partial charge in [0, 0.05) is 6.20 Å². The van der Waals surface area contributed by atoms with Gasteiger partial charge in [0.2, 0.25) is 0 Å². The number of para-hydroxylation sites is 4. The van der Waals surface area contributed by atoms with Gasteiger partial charge in [-0.3, -0.25) is 9.36 Å². The summed E-state index contributed by atoms with van der Waals surface area (Å²) in [5.41, 5.74) is 3.48. The molecule has 0 bridgehead atoms. The average Bonchev–Trinajstić information content (AvgIpc) is 2.88. The normalized spacial score (nSPS) is 11.7. The lowest BCUT2D eigenvalue weighted by Crippen LogP contribution is -2.11. The number of aromatic amines is 2. The monoisotopic (exact) mass is 320 g/mol. The summed E-state index contributed by atoms with van der Waals surface area (Å²) in [6, 6.07) is 15.2. The molecule has 2 aromatic carbocycles. The SMILES string of the molecule is O=c1[nH]c2ccccc2nc1/C=C\n1c(=S)[nH]c2ccccc21. The van der Waals surface area contributed by atoms with Gasteiger partial charge in [-0.1, -0.05) is 24.3 Å². The summed E-state index contributed by atoms with van der Waals surface area (Å²) >= 11 is 5.33. The summed E-state index contributed by atoms with van der Waals surface area (Å²) in [5, 5.41) is 0. The Bertz CT molecular complexity index is 1170. The van der Waals surface area contributed by atoms with Crippen LogP contribution in [0, 0.1) is 4.77 Å². The summed E-state index contributed by atoms with van der Waals surface area (Å²) in [4.78, 5) is 22.5. The average molecular weight is 320 g/mol. The van der Waals surface area contributed by atoms with Crippen LogP contribution in [0.1, 0.15) is 5.69 Å². The van der Waals surface area contributed by atoms with Gasteiger partial charge in [-0.25, -0.2) is 4.98 Å². The second-order valence-electron chi connectivity index (χ2n) is 5.10. The van der Waals surface area contributed by atoms with Crippen molar-refractivity contribution in [3.63, 3.8) is 0 Å². The first-order valence-corrected chi connectivity index (χ1v) is 7.50. The second kappa shape index (κ2) is 5.33. The number of aromatic nitrogens is 4. The largest absolute Gasteiger partial charge is 0.330 e. The summed E-state index contributed by atoms with van der Waals surface area (Å²) in [5.74, 6) is 0. The van der Waals surface area contributed by atoms with E-state index in [1.54, 1.807) is 12.3 Å². The van der Waals surface area contributed by atoms with E-state index in [0.29, 0.717) is 10.5 Å². The molecule has 0 spiro atoms. The Morgan fingerprint density at radius 2 is 1.74 bits per heavy atom. The van der Waals surface area contributed by atoms with Crippen LogP contribution in [0.5, 0.6) is 0 Å². The molecular formula is C17H12N4OS. The number of benzene rings is 2. The Balaban J connectivity index is 1.85.